The molecule has 1 saturated carbocycles. The van der Waals surface area contributed by atoms with Crippen molar-refractivity contribution in [1.82, 2.24) is 20.5 Å². The van der Waals surface area contributed by atoms with Crippen LogP contribution in [0.15, 0.2) is 30.5 Å². The molecular weight excluding hydrogens is 489 g/mol. The molecule has 14 heteroatoms. The van der Waals surface area contributed by atoms with E-state index in [1.54, 1.807) is 12.3 Å². The minimum atomic E-state index is -1.98. The standard InChI is InChI=1S/C23H23B3N6O4S/c1-3-36-11-13-10-27-22(37-13)14-5-4-6-15(19(14)35-2)28-16-9-17(29-20(33)12-7-8-12)31-32-18(16)21(34)30-23(24,25)26/h4-6,9-10,12H,3,7-8,11H2,1-2H3,(H,30,34)(H2,28,29,31,33). The normalized spacial score (nSPS) is 13.1. The predicted octanol–water partition coefficient (Wildman–Crippen LogP) is 2.08. The number of thiazole rings is 1. The summed E-state index contributed by atoms with van der Waals surface area (Å²) in [7, 11) is 18.1. The molecule has 6 radical (unpaired) electrons. The van der Waals surface area contributed by atoms with Crippen molar-refractivity contribution < 1.29 is 19.1 Å². The first-order valence-electron chi connectivity index (χ1n) is 11.5. The fourth-order valence-electron chi connectivity index (χ4n) is 3.42. The maximum atomic E-state index is 12.8. The summed E-state index contributed by atoms with van der Waals surface area (Å²) in [5.41, 5.74) is 1.33. The van der Waals surface area contributed by atoms with Crippen LogP contribution in [0.2, 0.25) is 0 Å². The van der Waals surface area contributed by atoms with Crippen molar-refractivity contribution in [2.45, 2.75) is 31.6 Å². The number of para-hydroxylation sites is 1. The molecule has 0 atom stereocenters. The molecule has 0 unspecified atom stereocenters. The van der Waals surface area contributed by atoms with Crippen molar-refractivity contribution in [3.63, 3.8) is 0 Å². The van der Waals surface area contributed by atoms with E-state index in [4.69, 9.17) is 33.0 Å². The fraction of sp³-hybridized carbons (Fsp3) is 0.348. The summed E-state index contributed by atoms with van der Waals surface area (Å²) < 4.78 is 11.2. The third kappa shape index (κ3) is 6.89. The van der Waals surface area contributed by atoms with Gasteiger partial charge in [0.15, 0.2) is 17.3 Å². The average Bonchev–Trinajstić information content (AvgIpc) is 3.60. The highest BCUT2D eigenvalue weighted by Gasteiger charge is 2.30. The Hall–Kier alpha value is -3.38. The van der Waals surface area contributed by atoms with Gasteiger partial charge in [0.25, 0.3) is 5.91 Å². The van der Waals surface area contributed by atoms with Gasteiger partial charge in [-0.15, -0.1) is 21.5 Å². The van der Waals surface area contributed by atoms with E-state index in [9.17, 15) is 9.59 Å². The van der Waals surface area contributed by atoms with E-state index in [1.807, 2.05) is 19.1 Å². The molecule has 3 N–H and O–H groups in total. The Morgan fingerprint density at radius 1 is 1.19 bits per heavy atom. The molecule has 0 saturated heterocycles. The Morgan fingerprint density at radius 3 is 2.65 bits per heavy atom. The molecule has 184 valence electrons. The Balaban J connectivity index is 1.69. The zero-order valence-corrected chi connectivity index (χ0v) is 21.2. The fourth-order valence-corrected chi connectivity index (χ4v) is 4.29. The maximum absolute atomic E-state index is 12.8. The molecule has 1 aliphatic carbocycles. The molecule has 0 bridgehead atoms. The molecule has 1 fully saturated rings. The van der Waals surface area contributed by atoms with Crippen LogP contribution in [0, 0.1) is 5.92 Å². The van der Waals surface area contributed by atoms with Crippen molar-refractivity contribution in [1.29, 1.82) is 0 Å². The van der Waals surface area contributed by atoms with E-state index in [1.165, 1.54) is 24.5 Å². The molecule has 1 aromatic carbocycles. The Bertz CT molecular complexity index is 1300. The number of aromatic nitrogens is 3. The lowest BCUT2D eigenvalue weighted by Crippen LogP contribution is -2.50. The summed E-state index contributed by atoms with van der Waals surface area (Å²) in [5, 5.41) is 14.8. The zero-order chi connectivity index (χ0) is 26.6. The molecular formula is C23H23B3N6O4S. The number of nitrogens with one attached hydrogen (secondary N) is 3. The smallest absolute Gasteiger partial charge is 0.272 e. The van der Waals surface area contributed by atoms with Gasteiger partial charge >= 0.3 is 0 Å². The molecule has 2 aromatic heterocycles. The Morgan fingerprint density at radius 2 is 1.97 bits per heavy atom. The van der Waals surface area contributed by atoms with Gasteiger partial charge in [0.2, 0.25) is 5.91 Å². The van der Waals surface area contributed by atoms with E-state index in [2.05, 4.69) is 31.1 Å². The zero-order valence-electron chi connectivity index (χ0n) is 20.4. The van der Waals surface area contributed by atoms with Crippen LogP contribution in [0.5, 0.6) is 5.75 Å². The summed E-state index contributed by atoms with van der Waals surface area (Å²) in [6.07, 6.45) is 3.41. The maximum Gasteiger partial charge on any atom is 0.272 e. The van der Waals surface area contributed by atoms with Gasteiger partial charge in [0, 0.05) is 24.8 Å². The number of methoxy groups -OCH3 is 1. The number of benzene rings is 1. The molecule has 2 heterocycles. The second kappa shape index (κ2) is 11.3. The van der Waals surface area contributed by atoms with Crippen molar-refractivity contribution in [2.24, 2.45) is 5.92 Å². The largest absolute Gasteiger partial charge is 0.494 e. The third-order valence-electron chi connectivity index (χ3n) is 5.26. The topological polar surface area (TPSA) is 127 Å². The van der Waals surface area contributed by atoms with Gasteiger partial charge < -0.3 is 25.4 Å². The van der Waals surface area contributed by atoms with Crippen LogP contribution >= 0.6 is 11.3 Å². The number of ether oxygens (including phenoxy) is 2. The van der Waals surface area contributed by atoms with E-state index in [0.29, 0.717) is 24.7 Å². The molecule has 10 nitrogen and oxygen atoms in total. The second-order valence-corrected chi connectivity index (χ2v) is 9.54. The molecule has 1 aliphatic rings. The first kappa shape index (κ1) is 26.7. The van der Waals surface area contributed by atoms with E-state index >= 15 is 0 Å². The van der Waals surface area contributed by atoms with Crippen LogP contribution in [-0.4, -0.2) is 69.5 Å². The van der Waals surface area contributed by atoms with Crippen molar-refractivity contribution >= 4 is 63.9 Å². The van der Waals surface area contributed by atoms with E-state index in [0.717, 1.165) is 28.3 Å². The highest BCUT2D eigenvalue weighted by molar-refractivity contribution is 7.15. The van der Waals surface area contributed by atoms with Gasteiger partial charge in [-0.25, -0.2) is 4.98 Å². The number of hydrogen-bond donors (Lipinski definition) is 3. The molecule has 3 aromatic rings. The van der Waals surface area contributed by atoms with Crippen LogP contribution in [-0.2, 0) is 16.1 Å². The number of carbonyl (C=O) groups is 2. The van der Waals surface area contributed by atoms with E-state index in [-0.39, 0.29) is 29.0 Å². The minimum absolute atomic E-state index is 0.0452. The van der Waals surface area contributed by atoms with Gasteiger partial charge in [0.1, 0.15) is 5.01 Å². The summed E-state index contributed by atoms with van der Waals surface area (Å²) in [6.45, 7) is 3.00. The number of rotatable bonds is 11. The number of anilines is 3. The van der Waals surface area contributed by atoms with Crippen LogP contribution in [0.4, 0.5) is 17.2 Å². The summed E-state index contributed by atoms with van der Waals surface area (Å²) in [6, 6.07) is 6.95. The van der Waals surface area contributed by atoms with Gasteiger partial charge in [0.05, 0.1) is 59.1 Å². The quantitative estimate of drug-likeness (QED) is 0.334. The minimum Gasteiger partial charge on any atom is -0.494 e. The monoisotopic (exact) mass is 512 g/mol. The first-order chi connectivity index (χ1) is 17.7. The predicted molar refractivity (Wildman–Crippen MR) is 144 cm³/mol. The molecule has 2 amide bonds. The molecule has 0 aliphatic heterocycles. The van der Waals surface area contributed by atoms with Crippen molar-refractivity contribution in [3.05, 3.63) is 41.0 Å². The molecule has 0 spiro atoms. The van der Waals surface area contributed by atoms with Gasteiger partial charge in [-0.05, 0) is 31.9 Å². The average molecular weight is 512 g/mol. The summed E-state index contributed by atoms with van der Waals surface area (Å²) in [5.74, 6) is -0.314. The lowest BCUT2D eigenvalue weighted by atomic mass is 9.49. The highest BCUT2D eigenvalue weighted by atomic mass is 32.1. The Kier molecular flexibility index (Phi) is 8.18. The van der Waals surface area contributed by atoms with Gasteiger partial charge in [-0.1, -0.05) is 11.3 Å². The van der Waals surface area contributed by atoms with Crippen molar-refractivity contribution in [3.8, 4) is 16.3 Å². The van der Waals surface area contributed by atoms with Crippen LogP contribution in [0.1, 0.15) is 35.1 Å². The molecule has 4 rings (SSSR count). The van der Waals surface area contributed by atoms with Gasteiger partial charge in [-0.3, -0.25) is 9.59 Å². The number of amides is 2. The lowest BCUT2D eigenvalue weighted by molar-refractivity contribution is -0.117. The highest BCUT2D eigenvalue weighted by Crippen LogP contribution is 2.40. The van der Waals surface area contributed by atoms with Crippen LogP contribution < -0.4 is 20.7 Å². The first-order valence-corrected chi connectivity index (χ1v) is 12.3. The van der Waals surface area contributed by atoms with Gasteiger partial charge in [-0.2, -0.15) is 0 Å². The van der Waals surface area contributed by atoms with E-state index < -0.39 is 11.1 Å². The SMILES string of the molecule is [B]C([B])([B])NC(=O)c1nnc(NC(=O)C2CC2)cc1Nc1cccc(-c2ncc(COCC)s2)c1OC. The number of carbonyl (C=O) groups excluding carboxylic acids is 2. The lowest BCUT2D eigenvalue weighted by Gasteiger charge is -2.23. The third-order valence-corrected chi connectivity index (χ3v) is 6.26. The second-order valence-electron chi connectivity index (χ2n) is 8.42. The Labute approximate surface area is 222 Å². The van der Waals surface area contributed by atoms with Crippen LogP contribution in [0.3, 0.4) is 0 Å². The molecule has 37 heavy (non-hydrogen) atoms. The number of hydrogen-bond acceptors (Lipinski definition) is 9. The van der Waals surface area contributed by atoms with Crippen LogP contribution in [0.25, 0.3) is 10.6 Å². The summed E-state index contributed by atoms with van der Waals surface area (Å²) >= 11 is 1.48. The number of nitrogens with zero attached hydrogens (tertiary/aromatic N) is 3. The van der Waals surface area contributed by atoms with Crippen molar-refractivity contribution in [2.75, 3.05) is 24.4 Å². The summed E-state index contributed by atoms with van der Waals surface area (Å²) in [4.78, 5) is 30.6.